The third-order valence-electron chi connectivity index (χ3n) is 3.09. The lowest BCUT2D eigenvalue weighted by atomic mass is 9.95. The predicted octanol–water partition coefficient (Wildman–Crippen LogP) is 3.53. The van der Waals surface area contributed by atoms with Crippen LogP contribution in [0.5, 0.6) is 0 Å². The maximum atomic E-state index is 11.8. The van der Waals surface area contributed by atoms with Crippen LogP contribution in [-0.2, 0) is 11.2 Å². The highest BCUT2D eigenvalue weighted by Gasteiger charge is 2.20. The van der Waals surface area contributed by atoms with Crippen molar-refractivity contribution in [2.45, 2.75) is 27.2 Å². The second-order valence-corrected chi connectivity index (χ2v) is 6.20. The standard InChI is InChI=1S/C15H19ClN2O/c1-15(2,3)14(19)17-7-6-10-9-18-13-8-11(16)4-5-12(10)13/h4-5,8-9,18H,6-7H2,1-3H3,(H,17,19). The van der Waals surface area contributed by atoms with Crippen molar-refractivity contribution in [3.05, 3.63) is 35.0 Å². The molecule has 1 heterocycles. The summed E-state index contributed by atoms with van der Waals surface area (Å²) in [6.07, 6.45) is 2.79. The van der Waals surface area contributed by atoms with Crippen molar-refractivity contribution in [3.63, 3.8) is 0 Å². The van der Waals surface area contributed by atoms with Crippen molar-refractivity contribution in [3.8, 4) is 0 Å². The average molecular weight is 279 g/mol. The molecule has 1 aromatic carbocycles. The maximum Gasteiger partial charge on any atom is 0.225 e. The number of benzene rings is 1. The molecule has 19 heavy (non-hydrogen) atoms. The molecule has 2 aromatic rings. The zero-order chi connectivity index (χ0) is 14.0. The summed E-state index contributed by atoms with van der Waals surface area (Å²) >= 11 is 5.95. The third-order valence-corrected chi connectivity index (χ3v) is 3.33. The number of aromatic amines is 1. The minimum atomic E-state index is -0.340. The summed E-state index contributed by atoms with van der Waals surface area (Å²) in [5, 5.41) is 4.84. The first-order valence-corrected chi connectivity index (χ1v) is 6.79. The monoisotopic (exact) mass is 278 g/mol. The summed E-state index contributed by atoms with van der Waals surface area (Å²) in [4.78, 5) is 15.0. The lowest BCUT2D eigenvalue weighted by molar-refractivity contribution is -0.128. The lowest BCUT2D eigenvalue weighted by Gasteiger charge is -2.17. The molecule has 102 valence electrons. The van der Waals surface area contributed by atoms with Crippen LogP contribution >= 0.6 is 11.6 Å². The van der Waals surface area contributed by atoms with E-state index in [1.165, 1.54) is 5.56 Å². The Morgan fingerprint density at radius 3 is 2.79 bits per heavy atom. The molecule has 0 unspecified atom stereocenters. The SMILES string of the molecule is CC(C)(C)C(=O)NCCc1c[nH]c2cc(Cl)ccc12. The molecule has 0 aliphatic carbocycles. The molecular formula is C15H19ClN2O. The summed E-state index contributed by atoms with van der Waals surface area (Å²) in [5.74, 6) is 0.0791. The molecular weight excluding hydrogens is 260 g/mol. The smallest absolute Gasteiger partial charge is 0.225 e. The van der Waals surface area contributed by atoms with Gasteiger partial charge in [0, 0.05) is 34.1 Å². The van der Waals surface area contributed by atoms with E-state index < -0.39 is 0 Å². The van der Waals surface area contributed by atoms with Gasteiger partial charge in [0.15, 0.2) is 0 Å². The molecule has 0 atom stereocenters. The number of halogens is 1. The second-order valence-electron chi connectivity index (χ2n) is 5.76. The summed E-state index contributed by atoms with van der Waals surface area (Å²) in [5.41, 5.74) is 1.89. The molecule has 1 amide bonds. The molecule has 0 saturated carbocycles. The number of hydrogen-bond acceptors (Lipinski definition) is 1. The van der Waals surface area contributed by atoms with Crippen LogP contribution in [0.3, 0.4) is 0 Å². The van der Waals surface area contributed by atoms with Crippen molar-refractivity contribution >= 4 is 28.4 Å². The molecule has 3 nitrogen and oxygen atoms in total. The third kappa shape index (κ3) is 3.29. The molecule has 1 aromatic heterocycles. The number of carbonyl (C=O) groups excluding carboxylic acids is 1. The van der Waals surface area contributed by atoms with Crippen molar-refractivity contribution in [1.82, 2.24) is 10.3 Å². The lowest BCUT2D eigenvalue weighted by Crippen LogP contribution is -2.35. The Balaban J connectivity index is 2.01. The largest absolute Gasteiger partial charge is 0.361 e. The Bertz CT molecular complexity index is 596. The minimum absolute atomic E-state index is 0.0791. The van der Waals surface area contributed by atoms with E-state index in [0.717, 1.165) is 22.3 Å². The number of H-pyrrole nitrogens is 1. The van der Waals surface area contributed by atoms with Gasteiger partial charge in [-0.05, 0) is 24.1 Å². The number of fused-ring (bicyclic) bond motifs is 1. The summed E-state index contributed by atoms with van der Waals surface area (Å²) < 4.78 is 0. The second kappa shape index (κ2) is 5.25. The molecule has 0 saturated heterocycles. The Hall–Kier alpha value is -1.48. The first-order chi connectivity index (χ1) is 8.88. The van der Waals surface area contributed by atoms with Crippen molar-refractivity contribution < 1.29 is 4.79 Å². The van der Waals surface area contributed by atoms with E-state index >= 15 is 0 Å². The molecule has 2 N–H and O–H groups in total. The Kier molecular flexibility index (Phi) is 3.85. The quantitative estimate of drug-likeness (QED) is 0.886. The first-order valence-electron chi connectivity index (χ1n) is 6.42. The van der Waals surface area contributed by atoms with E-state index in [1.54, 1.807) is 0 Å². The van der Waals surface area contributed by atoms with Crippen LogP contribution in [-0.4, -0.2) is 17.4 Å². The number of carbonyl (C=O) groups is 1. The number of hydrogen-bond donors (Lipinski definition) is 2. The number of aromatic nitrogens is 1. The van der Waals surface area contributed by atoms with E-state index in [-0.39, 0.29) is 11.3 Å². The highest BCUT2D eigenvalue weighted by atomic mass is 35.5. The van der Waals surface area contributed by atoms with Gasteiger partial charge in [0.2, 0.25) is 5.91 Å². The van der Waals surface area contributed by atoms with Gasteiger partial charge in [-0.3, -0.25) is 4.79 Å². The predicted molar refractivity (Wildman–Crippen MR) is 79.5 cm³/mol. The van der Waals surface area contributed by atoms with Crippen LogP contribution < -0.4 is 5.32 Å². The Labute approximate surface area is 118 Å². The van der Waals surface area contributed by atoms with Crippen LogP contribution in [0.15, 0.2) is 24.4 Å². The van der Waals surface area contributed by atoms with Crippen LogP contribution in [0.25, 0.3) is 10.9 Å². The first kappa shape index (κ1) is 13.9. The van der Waals surface area contributed by atoms with Crippen LogP contribution in [0.2, 0.25) is 5.02 Å². The summed E-state index contributed by atoms with van der Waals surface area (Å²) in [6, 6.07) is 5.80. The summed E-state index contributed by atoms with van der Waals surface area (Å²) in [6.45, 7) is 6.38. The van der Waals surface area contributed by atoms with Crippen LogP contribution in [0.4, 0.5) is 0 Å². The number of rotatable bonds is 3. The normalized spacial score (nSPS) is 11.8. The van der Waals surface area contributed by atoms with Gasteiger partial charge < -0.3 is 10.3 Å². The van der Waals surface area contributed by atoms with Gasteiger partial charge in [-0.2, -0.15) is 0 Å². The molecule has 0 aliphatic rings. The van der Waals surface area contributed by atoms with Crippen molar-refractivity contribution in [2.24, 2.45) is 5.41 Å². The Morgan fingerprint density at radius 2 is 2.11 bits per heavy atom. The van der Waals surface area contributed by atoms with E-state index in [0.29, 0.717) is 6.54 Å². The van der Waals surface area contributed by atoms with Crippen LogP contribution in [0, 0.1) is 5.41 Å². The van der Waals surface area contributed by atoms with Crippen LogP contribution in [0.1, 0.15) is 26.3 Å². The number of amides is 1. The molecule has 0 radical (unpaired) electrons. The Morgan fingerprint density at radius 1 is 1.37 bits per heavy atom. The highest BCUT2D eigenvalue weighted by molar-refractivity contribution is 6.31. The van der Waals surface area contributed by atoms with Crippen molar-refractivity contribution in [2.75, 3.05) is 6.54 Å². The van der Waals surface area contributed by atoms with E-state index in [4.69, 9.17) is 11.6 Å². The molecule has 0 aliphatic heterocycles. The van der Waals surface area contributed by atoms with Gasteiger partial charge in [0.05, 0.1) is 0 Å². The molecule has 0 spiro atoms. The van der Waals surface area contributed by atoms with Gasteiger partial charge in [0.25, 0.3) is 0 Å². The molecule has 0 bridgehead atoms. The molecule has 0 fully saturated rings. The van der Waals surface area contributed by atoms with E-state index in [9.17, 15) is 4.79 Å². The fourth-order valence-electron chi connectivity index (χ4n) is 1.94. The molecule has 2 rings (SSSR count). The highest BCUT2D eigenvalue weighted by Crippen LogP contribution is 2.22. The molecule has 4 heteroatoms. The van der Waals surface area contributed by atoms with Gasteiger partial charge >= 0.3 is 0 Å². The van der Waals surface area contributed by atoms with Gasteiger partial charge in [-0.25, -0.2) is 0 Å². The van der Waals surface area contributed by atoms with E-state index in [1.807, 2.05) is 45.2 Å². The average Bonchev–Trinajstić information content (AvgIpc) is 2.70. The fraction of sp³-hybridized carbons (Fsp3) is 0.400. The topological polar surface area (TPSA) is 44.9 Å². The van der Waals surface area contributed by atoms with Crippen molar-refractivity contribution in [1.29, 1.82) is 0 Å². The fourth-order valence-corrected chi connectivity index (χ4v) is 2.11. The van der Waals surface area contributed by atoms with Gasteiger partial charge in [-0.1, -0.05) is 38.4 Å². The minimum Gasteiger partial charge on any atom is -0.361 e. The maximum absolute atomic E-state index is 11.8. The number of nitrogens with one attached hydrogen (secondary N) is 2. The summed E-state index contributed by atoms with van der Waals surface area (Å²) in [7, 11) is 0. The van der Waals surface area contributed by atoms with Gasteiger partial charge in [0.1, 0.15) is 0 Å². The van der Waals surface area contributed by atoms with Gasteiger partial charge in [-0.15, -0.1) is 0 Å². The zero-order valence-corrected chi connectivity index (χ0v) is 12.3. The zero-order valence-electron chi connectivity index (χ0n) is 11.5. The van der Waals surface area contributed by atoms with E-state index in [2.05, 4.69) is 10.3 Å².